The maximum atomic E-state index is 6.37. The molecular formula is C52H30O. The SMILES string of the molecule is c1ccc2c(-c3c4ccccc4c(-c4ccc5c(c4)c4ccccc4c4c5ccc5oc6ccccc6c54)c4ccccc34)c3ccccc3cc2c1. The van der Waals surface area contributed by atoms with Gasteiger partial charge in [-0.2, -0.15) is 0 Å². The fourth-order valence-corrected chi connectivity index (χ4v) is 9.41. The number of hydrogen-bond acceptors (Lipinski definition) is 1. The molecule has 0 aliphatic carbocycles. The highest BCUT2D eigenvalue weighted by molar-refractivity contribution is 6.35. The van der Waals surface area contributed by atoms with Gasteiger partial charge in [-0.15, -0.1) is 0 Å². The average molecular weight is 671 g/mol. The molecule has 0 N–H and O–H groups in total. The van der Waals surface area contributed by atoms with Crippen molar-refractivity contribution in [2.24, 2.45) is 0 Å². The van der Waals surface area contributed by atoms with Gasteiger partial charge in [0.05, 0.1) is 0 Å². The molecule has 244 valence electrons. The standard InChI is InChI=1S/C52H30O/c1-3-15-34-31(13-1)29-32-14-2-4-16-35(32)49(34)50-41-21-9-7-19-39(41)48(40-20-8-10-22-42(40)50)33-25-26-37-43-27-28-47-52(44-23-11-12-24-46(44)53-47)51(43)38-18-6-5-17-36(38)45(37)30-33/h1-30H. The second-order valence-electron chi connectivity index (χ2n) is 14.3. The van der Waals surface area contributed by atoms with Gasteiger partial charge < -0.3 is 4.42 Å². The smallest absolute Gasteiger partial charge is 0.136 e. The highest BCUT2D eigenvalue weighted by Gasteiger charge is 2.21. The van der Waals surface area contributed by atoms with Gasteiger partial charge in [-0.25, -0.2) is 0 Å². The second kappa shape index (κ2) is 10.8. The molecule has 11 aromatic carbocycles. The van der Waals surface area contributed by atoms with Crippen molar-refractivity contribution in [1.82, 2.24) is 0 Å². The first-order valence-corrected chi connectivity index (χ1v) is 18.3. The summed E-state index contributed by atoms with van der Waals surface area (Å²) < 4.78 is 6.37. The summed E-state index contributed by atoms with van der Waals surface area (Å²) in [5.41, 5.74) is 6.93. The maximum Gasteiger partial charge on any atom is 0.136 e. The van der Waals surface area contributed by atoms with Crippen LogP contribution in [0.1, 0.15) is 0 Å². The van der Waals surface area contributed by atoms with E-state index in [1.165, 1.54) is 103 Å². The van der Waals surface area contributed by atoms with Crippen molar-refractivity contribution in [3.8, 4) is 22.3 Å². The van der Waals surface area contributed by atoms with Gasteiger partial charge in [0, 0.05) is 16.2 Å². The van der Waals surface area contributed by atoms with E-state index in [9.17, 15) is 0 Å². The molecule has 1 heterocycles. The first kappa shape index (κ1) is 28.7. The van der Waals surface area contributed by atoms with Crippen molar-refractivity contribution in [3.05, 3.63) is 182 Å². The summed E-state index contributed by atoms with van der Waals surface area (Å²) in [6.45, 7) is 0. The van der Waals surface area contributed by atoms with Crippen LogP contribution in [0.2, 0.25) is 0 Å². The first-order valence-electron chi connectivity index (χ1n) is 18.3. The summed E-state index contributed by atoms with van der Waals surface area (Å²) in [5, 5.41) is 20.0. The Hall–Kier alpha value is -6.96. The Bertz CT molecular complexity index is 3380. The van der Waals surface area contributed by atoms with Crippen molar-refractivity contribution in [3.63, 3.8) is 0 Å². The Morgan fingerprint density at radius 3 is 1.36 bits per heavy atom. The normalized spacial score (nSPS) is 12.2. The lowest BCUT2D eigenvalue weighted by atomic mass is 9.82. The third-order valence-corrected chi connectivity index (χ3v) is 11.6. The molecule has 1 aromatic heterocycles. The van der Waals surface area contributed by atoms with Gasteiger partial charge in [0.15, 0.2) is 0 Å². The van der Waals surface area contributed by atoms with Gasteiger partial charge >= 0.3 is 0 Å². The van der Waals surface area contributed by atoms with Crippen molar-refractivity contribution >= 4 is 97.3 Å². The number of benzene rings is 11. The number of furan rings is 1. The van der Waals surface area contributed by atoms with Crippen LogP contribution in [0.25, 0.3) is 120 Å². The first-order chi connectivity index (χ1) is 26.3. The van der Waals surface area contributed by atoms with Crippen LogP contribution >= 0.6 is 0 Å². The van der Waals surface area contributed by atoms with Gasteiger partial charge in [-0.1, -0.05) is 152 Å². The van der Waals surface area contributed by atoms with Crippen LogP contribution in [0.4, 0.5) is 0 Å². The third kappa shape index (κ3) is 3.97. The minimum absolute atomic E-state index is 0.924. The van der Waals surface area contributed by atoms with Gasteiger partial charge in [0.25, 0.3) is 0 Å². The summed E-state index contributed by atoms with van der Waals surface area (Å²) in [5.74, 6) is 0. The molecule has 0 unspecified atom stereocenters. The molecule has 12 rings (SSSR count). The van der Waals surface area contributed by atoms with E-state index in [2.05, 4.69) is 176 Å². The van der Waals surface area contributed by atoms with Crippen LogP contribution in [0.3, 0.4) is 0 Å². The monoisotopic (exact) mass is 670 g/mol. The molecule has 0 spiro atoms. The van der Waals surface area contributed by atoms with Gasteiger partial charge in [0.1, 0.15) is 11.2 Å². The lowest BCUT2D eigenvalue weighted by Gasteiger charge is -2.21. The zero-order chi connectivity index (χ0) is 34.6. The maximum absolute atomic E-state index is 6.37. The van der Waals surface area contributed by atoms with Crippen LogP contribution in [0.15, 0.2) is 186 Å². The zero-order valence-electron chi connectivity index (χ0n) is 28.7. The molecule has 0 amide bonds. The van der Waals surface area contributed by atoms with Crippen molar-refractivity contribution in [2.45, 2.75) is 0 Å². The fourth-order valence-electron chi connectivity index (χ4n) is 9.41. The minimum atomic E-state index is 0.924. The lowest BCUT2D eigenvalue weighted by Crippen LogP contribution is -1.93. The lowest BCUT2D eigenvalue weighted by molar-refractivity contribution is 0.669. The van der Waals surface area contributed by atoms with E-state index in [-0.39, 0.29) is 0 Å². The quantitative estimate of drug-likeness (QED) is 0.132. The zero-order valence-corrected chi connectivity index (χ0v) is 28.7. The van der Waals surface area contributed by atoms with Crippen molar-refractivity contribution in [2.75, 3.05) is 0 Å². The Morgan fingerprint density at radius 2 is 0.698 bits per heavy atom. The summed E-state index contributed by atoms with van der Waals surface area (Å²) in [6, 6.07) is 66.9. The fraction of sp³-hybridized carbons (Fsp3) is 0. The van der Waals surface area contributed by atoms with Crippen LogP contribution in [-0.2, 0) is 0 Å². The van der Waals surface area contributed by atoms with Crippen LogP contribution in [0.5, 0.6) is 0 Å². The number of hydrogen-bond donors (Lipinski definition) is 0. The highest BCUT2D eigenvalue weighted by atomic mass is 16.3. The molecule has 0 bridgehead atoms. The van der Waals surface area contributed by atoms with Crippen LogP contribution in [-0.4, -0.2) is 0 Å². The Morgan fingerprint density at radius 1 is 0.245 bits per heavy atom. The third-order valence-electron chi connectivity index (χ3n) is 11.6. The predicted octanol–water partition coefficient (Wildman–Crippen LogP) is 15.0. The highest BCUT2D eigenvalue weighted by Crippen LogP contribution is 2.49. The number of rotatable bonds is 2. The van der Waals surface area contributed by atoms with Gasteiger partial charge in [0.2, 0.25) is 0 Å². The molecule has 12 aromatic rings. The Kier molecular flexibility index (Phi) is 5.84. The van der Waals surface area contributed by atoms with E-state index in [1.807, 2.05) is 6.07 Å². The van der Waals surface area contributed by atoms with E-state index in [4.69, 9.17) is 4.42 Å². The van der Waals surface area contributed by atoms with E-state index in [0.29, 0.717) is 0 Å². The molecule has 0 fully saturated rings. The summed E-state index contributed by atoms with van der Waals surface area (Å²) in [6.07, 6.45) is 0. The summed E-state index contributed by atoms with van der Waals surface area (Å²) in [7, 11) is 0. The van der Waals surface area contributed by atoms with Crippen LogP contribution < -0.4 is 0 Å². The molecule has 0 radical (unpaired) electrons. The Labute approximate surface area is 304 Å². The molecule has 0 aliphatic heterocycles. The number of para-hydroxylation sites is 1. The van der Waals surface area contributed by atoms with E-state index >= 15 is 0 Å². The Balaban J connectivity index is 1.21. The van der Waals surface area contributed by atoms with Crippen molar-refractivity contribution < 1.29 is 4.42 Å². The molecule has 0 saturated heterocycles. The van der Waals surface area contributed by atoms with Gasteiger partial charge in [-0.05, 0) is 123 Å². The molecular weight excluding hydrogens is 641 g/mol. The van der Waals surface area contributed by atoms with E-state index < -0.39 is 0 Å². The largest absolute Gasteiger partial charge is 0.456 e. The molecule has 53 heavy (non-hydrogen) atoms. The topological polar surface area (TPSA) is 13.1 Å². The molecule has 0 atom stereocenters. The number of fused-ring (bicyclic) bond motifs is 14. The molecule has 0 aliphatic rings. The van der Waals surface area contributed by atoms with Crippen molar-refractivity contribution in [1.29, 1.82) is 0 Å². The summed E-state index contributed by atoms with van der Waals surface area (Å²) in [4.78, 5) is 0. The average Bonchev–Trinajstić information content (AvgIpc) is 3.61. The minimum Gasteiger partial charge on any atom is -0.456 e. The predicted molar refractivity (Wildman–Crippen MR) is 227 cm³/mol. The molecule has 0 saturated carbocycles. The summed E-state index contributed by atoms with van der Waals surface area (Å²) >= 11 is 0. The van der Waals surface area contributed by atoms with E-state index in [1.54, 1.807) is 0 Å². The molecule has 1 heteroatoms. The molecule has 1 nitrogen and oxygen atoms in total. The second-order valence-corrected chi connectivity index (χ2v) is 14.3. The van der Waals surface area contributed by atoms with Gasteiger partial charge in [-0.3, -0.25) is 0 Å². The van der Waals surface area contributed by atoms with E-state index in [0.717, 1.165) is 16.6 Å². The van der Waals surface area contributed by atoms with Crippen LogP contribution in [0, 0.1) is 0 Å².